The van der Waals surface area contributed by atoms with Gasteiger partial charge in [-0.3, -0.25) is 9.48 Å². The van der Waals surface area contributed by atoms with Crippen molar-refractivity contribution in [1.82, 2.24) is 9.78 Å². The van der Waals surface area contributed by atoms with Crippen LogP contribution in [0.3, 0.4) is 0 Å². The van der Waals surface area contributed by atoms with Gasteiger partial charge in [0, 0.05) is 23.6 Å². The Balaban J connectivity index is 1.68. The molecule has 0 radical (unpaired) electrons. The molecule has 1 amide bonds. The molecule has 6 heteroatoms. The molecule has 0 atom stereocenters. The molecule has 0 spiro atoms. The Morgan fingerprint density at radius 1 is 1.08 bits per heavy atom. The molecule has 1 N–H and O–H groups in total. The fourth-order valence-electron chi connectivity index (χ4n) is 2.46. The number of ether oxygens (including phenoxy) is 2. The fraction of sp³-hybridized carbons (Fsp3) is 0.158. The van der Waals surface area contributed by atoms with E-state index in [0.29, 0.717) is 23.6 Å². The number of nitrogens with one attached hydrogen (secondary N) is 1. The third-order valence-electron chi connectivity index (χ3n) is 3.76. The second kappa shape index (κ2) is 7.53. The van der Waals surface area contributed by atoms with Gasteiger partial charge in [-0.1, -0.05) is 12.1 Å². The lowest BCUT2D eigenvalue weighted by atomic mass is 10.1. The summed E-state index contributed by atoms with van der Waals surface area (Å²) in [6.45, 7) is 0.691. The number of carbonyl (C=O) groups is 1. The largest absolute Gasteiger partial charge is 0.493 e. The van der Waals surface area contributed by atoms with Crippen molar-refractivity contribution in [3.63, 3.8) is 0 Å². The lowest BCUT2D eigenvalue weighted by molar-refractivity contribution is 0.102. The third-order valence-corrected chi connectivity index (χ3v) is 3.76. The number of methoxy groups -OCH3 is 2. The zero-order valence-electron chi connectivity index (χ0n) is 14.1. The van der Waals surface area contributed by atoms with Gasteiger partial charge in [0.15, 0.2) is 11.5 Å². The Morgan fingerprint density at radius 3 is 2.48 bits per heavy atom. The van der Waals surface area contributed by atoms with Crippen molar-refractivity contribution in [2.24, 2.45) is 0 Å². The average molecular weight is 337 g/mol. The maximum Gasteiger partial charge on any atom is 0.255 e. The normalized spacial score (nSPS) is 10.3. The van der Waals surface area contributed by atoms with Gasteiger partial charge in [0.25, 0.3) is 5.91 Å². The summed E-state index contributed by atoms with van der Waals surface area (Å²) < 4.78 is 12.3. The summed E-state index contributed by atoms with van der Waals surface area (Å²) in [4.78, 5) is 12.4. The van der Waals surface area contributed by atoms with E-state index in [1.54, 1.807) is 31.5 Å². The molecular formula is C19H19N3O3. The maximum atomic E-state index is 12.4. The smallest absolute Gasteiger partial charge is 0.255 e. The molecule has 0 saturated heterocycles. The minimum Gasteiger partial charge on any atom is -0.493 e. The molecule has 0 unspecified atom stereocenters. The third kappa shape index (κ3) is 3.98. The van der Waals surface area contributed by atoms with Crippen LogP contribution < -0.4 is 14.8 Å². The van der Waals surface area contributed by atoms with Crippen LogP contribution in [0.4, 0.5) is 5.69 Å². The summed E-state index contributed by atoms with van der Waals surface area (Å²) in [7, 11) is 3.10. The molecule has 3 rings (SSSR count). The van der Waals surface area contributed by atoms with E-state index < -0.39 is 0 Å². The Morgan fingerprint density at radius 2 is 1.84 bits per heavy atom. The van der Waals surface area contributed by atoms with Crippen molar-refractivity contribution in [2.75, 3.05) is 19.5 Å². The van der Waals surface area contributed by atoms with Gasteiger partial charge in [0.1, 0.15) is 0 Å². The molecule has 0 saturated carbocycles. The number of nitrogens with zero attached hydrogens (tertiary/aromatic N) is 2. The lowest BCUT2D eigenvalue weighted by Crippen LogP contribution is -2.12. The van der Waals surface area contributed by atoms with Gasteiger partial charge in [0.05, 0.1) is 20.8 Å². The summed E-state index contributed by atoms with van der Waals surface area (Å²) in [5, 5.41) is 7.05. The second-order valence-electron chi connectivity index (χ2n) is 5.42. The molecule has 0 aliphatic heterocycles. The van der Waals surface area contributed by atoms with Crippen molar-refractivity contribution >= 4 is 11.6 Å². The topological polar surface area (TPSA) is 65.4 Å². The van der Waals surface area contributed by atoms with Gasteiger partial charge in [-0.05, 0) is 42.0 Å². The molecule has 0 fully saturated rings. The highest BCUT2D eigenvalue weighted by molar-refractivity contribution is 6.04. The van der Waals surface area contributed by atoms with E-state index in [4.69, 9.17) is 9.47 Å². The van der Waals surface area contributed by atoms with Crippen LogP contribution >= 0.6 is 0 Å². The van der Waals surface area contributed by atoms with E-state index in [0.717, 1.165) is 11.3 Å². The predicted molar refractivity (Wildman–Crippen MR) is 95.3 cm³/mol. The summed E-state index contributed by atoms with van der Waals surface area (Å²) in [6, 6.07) is 14.6. The van der Waals surface area contributed by atoms with Crippen LogP contribution in [0, 0.1) is 0 Å². The number of amides is 1. The van der Waals surface area contributed by atoms with Gasteiger partial charge in [-0.25, -0.2) is 0 Å². The molecule has 25 heavy (non-hydrogen) atoms. The van der Waals surface area contributed by atoms with Crippen molar-refractivity contribution in [3.05, 3.63) is 72.1 Å². The fourth-order valence-corrected chi connectivity index (χ4v) is 2.46. The quantitative estimate of drug-likeness (QED) is 0.750. The molecule has 2 aromatic carbocycles. The first-order chi connectivity index (χ1) is 12.2. The standard InChI is InChI=1S/C19H19N3O3/c1-24-17-9-6-15(12-18(17)25-2)19(23)21-16-7-4-14(5-8-16)13-22-11-3-10-20-22/h3-12H,13H2,1-2H3,(H,21,23). The summed E-state index contributed by atoms with van der Waals surface area (Å²) in [5.41, 5.74) is 2.33. The van der Waals surface area contributed by atoms with Crippen LogP contribution in [0.5, 0.6) is 11.5 Å². The number of hydrogen-bond acceptors (Lipinski definition) is 4. The van der Waals surface area contributed by atoms with E-state index in [9.17, 15) is 4.79 Å². The highest BCUT2D eigenvalue weighted by Crippen LogP contribution is 2.27. The van der Waals surface area contributed by atoms with Gasteiger partial charge in [0.2, 0.25) is 0 Å². The van der Waals surface area contributed by atoms with Crippen molar-refractivity contribution in [2.45, 2.75) is 6.54 Å². The molecule has 1 heterocycles. The molecule has 0 aliphatic rings. The van der Waals surface area contributed by atoms with E-state index >= 15 is 0 Å². The van der Waals surface area contributed by atoms with Crippen LogP contribution in [0.15, 0.2) is 60.9 Å². The van der Waals surface area contributed by atoms with Gasteiger partial charge < -0.3 is 14.8 Å². The van der Waals surface area contributed by atoms with Crippen molar-refractivity contribution in [1.29, 1.82) is 0 Å². The highest BCUT2D eigenvalue weighted by Gasteiger charge is 2.11. The first kappa shape index (κ1) is 16.6. The summed E-state index contributed by atoms with van der Waals surface area (Å²) >= 11 is 0. The van der Waals surface area contributed by atoms with Crippen LogP contribution in [-0.2, 0) is 6.54 Å². The minimum atomic E-state index is -0.208. The van der Waals surface area contributed by atoms with Gasteiger partial charge in [-0.2, -0.15) is 5.10 Å². The molecule has 128 valence electrons. The zero-order chi connectivity index (χ0) is 17.6. The van der Waals surface area contributed by atoms with Crippen LogP contribution in [0.2, 0.25) is 0 Å². The van der Waals surface area contributed by atoms with E-state index in [2.05, 4.69) is 10.4 Å². The van der Waals surface area contributed by atoms with Crippen molar-refractivity contribution in [3.8, 4) is 11.5 Å². The Hall–Kier alpha value is -3.28. The first-order valence-electron chi connectivity index (χ1n) is 7.79. The molecule has 1 aromatic heterocycles. The number of rotatable bonds is 6. The SMILES string of the molecule is COc1ccc(C(=O)Nc2ccc(Cn3cccn3)cc2)cc1OC. The lowest BCUT2D eigenvalue weighted by Gasteiger charge is -2.10. The van der Waals surface area contributed by atoms with Crippen LogP contribution in [-0.4, -0.2) is 29.9 Å². The number of aromatic nitrogens is 2. The number of hydrogen-bond donors (Lipinski definition) is 1. The Kier molecular flexibility index (Phi) is 4.99. The second-order valence-corrected chi connectivity index (χ2v) is 5.42. The molecule has 0 aliphatic carbocycles. The van der Waals surface area contributed by atoms with Crippen LogP contribution in [0.25, 0.3) is 0 Å². The van der Waals surface area contributed by atoms with Gasteiger partial charge >= 0.3 is 0 Å². The summed E-state index contributed by atoms with van der Waals surface area (Å²) in [6.07, 6.45) is 3.66. The molecule has 6 nitrogen and oxygen atoms in total. The molecular weight excluding hydrogens is 318 g/mol. The number of carbonyl (C=O) groups excluding carboxylic acids is 1. The monoisotopic (exact) mass is 337 g/mol. The van der Waals surface area contributed by atoms with Gasteiger partial charge in [-0.15, -0.1) is 0 Å². The van der Waals surface area contributed by atoms with Crippen LogP contribution in [0.1, 0.15) is 15.9 Å². The highest BCUT2D eigenvalue weighted by atomic mass is 16.5. The minimum absolute atomic E-state index is 0.208. The first-order valence-corrected chi connectivity index (χ1v) is 7.79. The number of benzene rings is 2. The molecule has 0 bridgehead atoms. The van der Waals surface area contributed by atoms with E-state index in [1.165, 1.54) is 7.11 Å². The average Bonchev–Trinajstić information content (AvgIpc) is 3.15. The Labute approximate surface area is 146 Å². The zero-order valence-corrected chi connectivity index (χ0v) is 14.1. The Bertz CT molecular complexity index is 843. The molecule has 3 aromatic rings. The predicted octanol–water partition coefficient (Wildman–Crippen LogP) is 3.20. The number of anilines is 1. The van der Waals surface area contributed by atoms with E-state index in [1.807, 2.05) is 41.2 Å². The maximum absolute atomic E-state index is 12.4. The van der Waals surface area contributed by atoms with E-state index in [-0.39, 0.29) is 5.91 Å². The summed E-state index contributed by atoms with van der Waals surface area (Å²) in [5.74, 6) is 0.896. The van der Waals surface area contributed by atoms with Crippen molar-refractivity contribution < 1.29 is 14.3 Å².